The molecule has 0 saturated carbocycles. The molecule has 0 aliphatic carbocycles. The molecule has 1 aliphatic heterocycles. The molecule has 5 heteroatoms. The zero-order valence-electron chi connectivity index (χ0n) is 14.7. The van der Waals surface area contributed by atoms with E-state index >= 15 is 0 Å². The molecule has 0 radical (unpaired) electrons. The van der Waals surface area contributed by atoms with Crippen molar-refractivity contribution in [1.29, 1.82) is 0 Å². The molecule has 2 heterocycles. The van der Waals surface area contributed by atoms with Gasteiger partial charge in [0, 0.05) is 34.6 Å². The summed E-state index contributed by atoms with van der Waals surface area (Å²) in [7, 11) is 0. The van der Waals surface area contributed by atoms with Gasteiger partial charge in [0.2, 0.25) is 0 Å². The van der Waals surface area contributed by atoms with E-state index in [-0.39, 0.29) is 18.5 Å². The number of hydrogen-bond acceptors (Lipinski definition) is 5. The van der Waals surface area contributed by atoms with Crippen molar-refractivity contribution in [2.45, 2.75) is 57.8 Å². The Balaban J connectivity index is 1.87. The number of aromatic hydroxyl groups is 1. The molecular weight excluding hydrogens is 336 g/mol. The molecular formula is C20H26O4S. The van der Waals surface area contributed by atoms with Crippen molar-refractivity contribution >= 4 is 11.3 Å². The summed E-state index contributed by atoms with van der Waals surface area (Å²) in [5, 5.41) is 29.8. The molecule has 25 heavy (non-hydrogen) atoms. The Hall–Kier alpha value is -1.40. The fourth-order valence-electron chi connectivity index (χ4n) is 3.41. The topological polar surface area (TPSA) is 69.9 Å². The lowest BCUT2D eigenvalue weighted by atomic mass is 9.92. The van der Waals surface area contributed by atoms with Crippen LogP contribution >= 0.6 is 11.3 Å². The Kier molecular flexibility index (Phi) is 5.79. The molecule has 2 aromatic rings. The zero-order valence-corrected chi connectivity index (χ0v) is 15.6. The molecule has 3 N–H and O–H groups in total. The van der Waals surface area contributed by atoms with Crippen molar-refractivity contribution < 1.29 is 20.1 Å². The van der Waals surface area contributed by atoms with Crippen LogP contribution in [0.4, 0.5) is 0 Å². The van der Waals surface area contributed by atoms with Gasteiger partial charge in [-0.1, -0.05) is 6.92 Å². The molecule has 1 aromatic carbocycles. The Morgan fingerprint density at radius 2 is 1.96 bits per heavy atom. The van der Waals surface area contributed by atoms with E-state index in [1.165, 1.54) is 9.75 Å². The molecule has 0 spiro atoms. The number of hydrogen-bond donors (Lipinski definition) is 3. The number of phenols is 1. The molecule has 3 unspecified atom stereocenters. The Morgan fingerprint density at radius 1 is 1.20 bits per heavy atom. The van der Waals surface area contributed by atoms with Crippen molar-refractivity contribution in [2.75, 3.05) is 6.61 Å². The number of ether oxygens (including phenoxy) is 1. The van der Waals surface area contributed by atoms with Gasteiger partial charge in [-0.2, -0.15) is 0 Å². The first-order chi connectivity index (χ1) is 12.0. The predicted molar refractivity (Wildman–Crippen MR) is 99.3 cm³/mol. The molecule has 3 atom stereocenters. The highest BCUT2D eigenvalue weighted by atomic mass is 32.1. The van der Waals surface area contributed by atoms with Gasteiger partial charge in [0.15, 0.2) is 0 Å². The third kappa shape index (κ3) is 4.23. The number of aryl methyl sites for hydroxylation is 2. The van der Waals surface area contributed by atoms with Gasteiger partial charge in [-0.05, 0) is 48.7 Å². The summed E-state index contributed by atoms with van der Waals surface area (Å²) >= 11 is 1.82. The van der Waals surface area contributed by atoms with E-state index in [4.69, 9.17) is 4.74 Å². The summed E-state index contributed by atoms with van der Waals surface area (Å²) in [5.41, 5.74) is 2.90. The molecule has 1 fully saturated rings. The number of benzene rings is 1. The predicted octanol–water partition coefficient (Wildman–Crippen LogP) is 3.49. The highest BCUT2D eigenvalue weighted by Crippen LogP contribution is 2.38. The van der Waals surface area contributed by atoms with Crippen LogP contribution in [0.2, 0.25) is 0 Å². The molecule has 1 aliphatic rings. The highest BCUT2D eigenvalue weighted by Gasteiger charge is 2.30. The van der Waals surface area contributed by atoms with Crippen LogP contribution in [0.1, 0.15) is 52.3 Å². The number of aliphatic hydroxyl groups is 2. The lowest BCUT2D eigenvalue weighted by molar-refractivity contribution is -0.114. The van der Waals surface area contributed by atoms with Crippen LogP contribution in [-0.2, 0) is 17.6 Å². The minimum Gasteiger partial charge on any atom is -0.508 e. The van der Waals surface area contributed by atoms with Gasteiger partial charge in [-0.3, -0.25) is 0 Å². The fourth-order valence-corrected chi connectivity index (χ4v) is 4.39. The van der Waals surface area contributed by atoms with Crippen LogP contribution in [0.25, 0.3) is 0 Å². The van der Waals surface area contributed by atoms with Gasteiger partial charge in [-0.15, -0.1) is 11.3 Å². The van der Waals surface area contributed by atoms with Crippen LogP contribution in [0.3, 0.4) is 0 Å². The third-order valence-corrected chi connectivity index (χ3v) is 6.07. The molecule has 3 rings (SSSR count). The number of rotatable bonds is 5. The Morgan fingerprint density at radius 3 is 2.64 bits per heavy atom. The van der Waals surface area contributed by atoms with Gasteiger partial charge < -0.3 is 20.1 Å². The molecule has 4 nitrogen and oxygen atoms in total. The third-order valence-electron chi connectivity index (χ3n) is 4.84. The summed E-state index contributed by atoms with van der Waals surface area (Å²) < 4.78 is 5.87. The highest BCUT2D eigenvalue weighted by molar-refractivity contribution is 7.12. The number of aliphatic hydroxyl groups excluding tert-OH is 2. The van der Waals surface area contributed by atoms with Crippen molar-refractivity contribution in [3.8, 4) is 5.75 Å². The van der Waals surface area contributed by atoms with Crippen LogP contribution < -0.4 is 0 Å². The van der Waals surface area contributed by atoms with E-state index in [9.17, 15) is 15.3 Å². The fraction of sp³-hybridized carbons (Fsp3) is 0.500. The lowest BCUT2D eigenvalue weighted by Gasteiger charge is -2.33. The maximum atomic E-state index is 10.4. The van der Waals surface area contributed by atoms with E-state index in [1.54, 1.807) is 6.07 Å². The SMILES string of the molecule is CCc1ccc(Cc2cc(C3CC(O)CC(CO)O3)c(O)cc2C)s1. The first-order valence-corrected chi connectivity index (χ1v) is 9.66. The molecule has 136 valence electrons. The van der Waals surface area contributed by atoms with Gasteiger partial charge >= 0.3 is 0 Å². The van der Waals surface area contributed by atoms with Crippen LogP contribution in [0, 0.1) is 6.92 Å². The lowest BCUT2D eigenvalue weighted by Crippen LogP contribution is -2.33. The van der Waals surface area contributed by atoms with Crippen LogP contribution in [0.15, 0.2) is 24.3 Å². The van der Waals surface area contributed by atoms with Crippen molar-refractivity contribution in [1.82, 2.24) is 0 Å². The largest absolute Gasteiger partial charge is 0.508 e. The second-order valence-electron chi connectivity index (χ2n) is 6.79. The number of phenolic OH excluding ortho intramolecular Hbond substituents is 1. The Bertz CT molecular complexity index is 724. The average molecular weight is 362 g/mol. The second-order valence-corrected chi connectivity index (χ2v) is 8.04. The molecule has 1 saturated heterocycles. The Labute approximate surface area is 152 Å². The second kappa shape index (κ2) is 7.87. The molecule has 0 bridgehead atoms. The summed E-state index contributed by atoms with van der Waals surface area (Å²) in [4.78, 5) is 2.67. The monoisotopic (exact) mass is 362 g/mol. The van der Waals surface area contributed by atoms with Crippen molar-refractivity contribution in [3.05, 3.63) is 50.7 Å². The number of thiophene rings is 1. The van der Waals surface area contributed by atoms with E-state index in [0.717, 1.165) is 24.0 Å². The quantitative estimate of drug-likeness (QED) is 0.761. The van der Waals surface area contributed by atoms with E-state index < -0.39 is 12.2 Å². The maximum Gasteiger partial charge on any atom is 0.121 e. The van der Waals surface area contributed by atoms with Gasteiger partial charge in [0.1, 0.15) is 5.75 Å². The first kappa shape index (κ1) is 18.4. The normalized spacial score (nSPS) is 23.8. The van der Waals surface area contributed by atoms with Crippen LogP contribution in [0.5, 0.6) is 5.75 Å². The van der Waals surface area contributed by atoms with E-state index in [1.807, 2.05) is 24.3 Å². The van der Waals surface area contributed by atoms with E-state index in [0.29, 0.717) is 18.4 Å². The first-order valence-electron chi connectivity index (χ1n) is 8.84. The minimum absolute atomic E-state index is 0.123. The van der Waals surface area contributed by atoms with Gasteiger partial charge in [-0.25, -0.2) is 0 Å². The summed E-state index contributed by atoms with van der Waals surface area (Å²) in [5.74, 6) is 0.192. The summed E-state index contributed by atoms with van der Waals surface area (Å²) in [6.07, 6.45) is 1.43. The van der Waals surface area contributed by atoms with Crippen molar-refractivity contribution in [3.63, 3.8) is 0 Å². The van der Waals surface area contributed by atoms with Crippen molar-refractivity contribution in [2.24, 2.45) is 0 Å². The smallest absolute Gasteiger partial charge is 0.121 e. The average Bonchev–Trinajstić information content (AvgIpc) is 3.04. The summed E-state index contributed by atoms with van der Waals surface area (Å²) in [6, 6.07) is 8.10. The molecule has 0 amide bonds. The summed E-state index contributed by atoms with van der Waals surface area (Å²) in [6.45, 7) is 4.03. The molecule has 1 aromatic heterocycles. The van der Waals surface area contributed by atoms with E-state index in [2.05, 4.69) is 19.1 Å². The standard InChI is InChI=1S/C20H26O4S/c1-3-16-4-5-17(25-16)7-13-8-18(19(23)6-12(13)2)20-10-14(22)9-15(11-21)24-20/h4-6,8,14-15,20-23H,3,7,9-11H2,1-2H3. The van der Waals surface area contributed by atoms with Crippen LogP contribution in [-0.4, -0.2) is 34.1 Å². The maximum absolute atomic E-state index is 10.4. The van der Waals surface area contributed by atoms with Gasteiger partial charge in [0.25, 0.3) is 0 Å². The zero-order chi connectivity index (χ0) is 18.0. The minimum atomic E-state index is -0.524. The van der Waals surface area contributed by atoms with Gasteiger partial charge in [0.05, 0.1) is 24.9 Å².